The predicted octanol–water partition coefficient (Wildman–Crippen LogP) is 4.03. The summed E-state index contributed by atoms with van der Waals surface area (Å²) in [7, 11) is 0. The van der Waals surface area contributed by atoms with Crippen molar-refractivity contribution < 1.29 is 23.9 Å². The van der Waals surface area contributed by atoms with Gasteiger partial charge in [0, 0.05) is 35.8 Å². The minimum atomic E-state index is -0.489. The van der Waals surface area contributed by atoms with Crippen LogP contribution in [-0.4, -0.2) is 35.8 Å². The Kier molecular flexibility index (Phi) is 8.32. The molecule has 0 bridgehead atoms. The van der Waals surface area contributed by atoms with Gasteiger partial charge in [0.2, 0.25) is 11.8 Å². The van der Waals surface area contributed by atoms with E-state index in [4.69, 9.17) is 15.2 Å². The Morgan fingerprint density at radius 1 is 1.03 bits per heavy atom. The number of benzene rings is 2. The Hall–Kier alpha value is -3.72. The Balaban J connectivity index is 1.40. The fourth-order valence-corrected chi connectivity index (χ4v) is 4.81. The summed E-state index contributed by atoms with van der Waals surface area (Å²) in [5.74, 6) is 0.327. The molecular weight excluding hydrogens is 478 g/mol. The molecule has 1 aliphatic rings. The van der Waals surface area contributed by atoms with Crippen molar-refractivity contribution in [1.29, 1.82) is 0 Å². The molecule has 1 unspecified atom stereocenters. The van der Waals surface area contributed by atoms with E-state index in [2.05, 4.69) is 10.3 Å². The minimum absolute atomic E-state index is 0.0520. The summed E-state index contributed by atoms with van der Waals surface area (Å²) in [4.78, 5) is 41.7. The molecule has 2 heterocycles. The zero-order chi connectivity index (χ0) is 25.5. The molecule has 3 N–H and O–H groups in total. The van der Waals surface area contributed by atoms with Crippen LogP contribution in [0.3, 0.4) is 0 Å². The Bertz CT molecular complexity index is 1240. The van der Waals surface area contributed by atoms with Gasteiger partial charge in [-0.2, -0.15) is 0 Å². The van der Waals surface area contributed by atoms with E-state index in [0.717, 1.165) is 29.1 Å². The first kappa shape index (κ1) is 25.4. The summed E-state index contributed by atoms with van der Waals surface area (Å²) in [5.41, 5.74) is 8.15. The van der Waals surface area contributed by atoms with Gasteiger partial charge < -0.3 is 20.5 Å². The van der Waals surface area contributed by atoms with E-state index < -0.39 is 5.91 Å². The van der Waals surface area contributed by atoms with Gasteiger partial charge in [-0.25, -0.2) is 4.98 Å². The van der Waals surface area contributed by atoms with Crippen LogP contribution in [0.25, 0.3) is 0 Å². The number of thiazole rings is 1. The fraction of sp³-hybridized carbons (Fsp3) is 0.333. The number of ketones is 1. The number of fused-ring (bicyclic) bond motifs is 1. The maximum Gasteiger partial charge on any atom is 0.248 e. The lowest BCUT2D eigenvalue weighted by Crippen LogP contribution is -2.30. The molecule has 9 heteroatoms. The summed E-state index contributed by atoms with van der Waals surface area (Å²) in [5, 5.41) is 5.83. The highest BCUT2D eigenvalue weighted by molar-refractivity contribution is 7.09. The molecule has 0 saturated carbocycles. The molecule has 1 aliphatic heterocycles. The number of carbonyl (C=O) groups is 3. The Morgan fingerprint density at radius 3 is 2.44 bits per heavy atom. The lowest BCUT2D eigenvalue weighted by Gasteiger charge is -2.17. The first-order valence-corrected chi connectivity index (χ1v) is 12.9. The highest BCUT2D eigenvalue weighted by atomic mass is 32.1. The highest BCUT2D eigenvalue weighted by Gasteiger charge is 2.21. The van der Waals surface area contributed by atoms with Crippen LogP contribution >= 0.6 is 11.3 Å². The number of primary amides is 1. The first-order chi connectivity index (χ1) is 17.4. The zero-order valence-electron chi connectivity index (χ0n) is 20.1. The number of aromatic nitrogens is 1. The molecule has 188 valence electrons. The molecule has 0 fully saturated rings. The number of nitrogens with one attached hydrogen (secondary N) is 1. The van der Waals surface area contributed by atoms with Crippen molar-refractivity contribution >= 4 is 28.9 Å². The van der Waals surface area contributed by atoms with Crippen LogP contribution in [0.15, 0.2) is 47.8 Å². The molecule has 4 rings (SSSR count). The molecule has 3 aromatic rings. The molecule has 8 nitrogen and oxygen atoms in total. The van der Waals surface area contributed by atoms with Crippen molar-refractivity contribution in [1.82, 2.24) is 10.3 Å². The average Bonchev–Trinajstić information content (AvgIpc) is 3.25. The number of nitrogens with two attached hydrogens (primary N) is 1. The standard InChI is InChI=1S/C27H29N3O5S/c1-2-20-16-36-27(29-20)21(14-17-4-6-18(7-5-17)26(28)33)30-25(32)11-9-22(31)19-8-10-23-24(15-19)35-13-3-12-34-23/h4-8,10,15-16,21H,2-3,9,11-14H2,1H3,(H2,28,33)(H,30,32). The van der Waals surface area contributed by atoms with E-state index in [1.165, 1.54) is 11.3 Å². The first-order valence-electron chi connectivity index (χ1n) is 12.0. The third-order valence-corrected chi connectivity index (χ3v) is 6.90. The normalized spacial score (nSPS) is 13.5. The molecule has 0 spiro atoms. The SMILES string of the molecule is CCc1csc(C(Cc2ccc(C(N)=O)cc2)NC(=O)CCC(=O)c2ccc3c(c2)OCCCO3)n1. The molecule has 1 aromatic heterocycles. The maximum absolute atomic E-state index is 12.9. The number of Topliss-reactive ketones (excluding diaryl/α,β-unsaturated/α-hetero) is 1. The van der Waals surface area contributed by atoms with Gasteiger partial charge in [-0.05, 0) is 48.7 Å². The van der Waals surface area contributed by atoms with Gasteiger partial charge >= 0.3 is 0 Å². The van der Waals surface area contributed by atoms with Gasteiger partial charge in [0.15, 0.2) is 17.3 Å². The molecule has 2 aromatic carbocycles. The Labute approximate surface area is 213 Å². The maximum atomic E-state index is 12.9. The minimum Gasteiger partial charge on any atom is -0.490 e. The lowest BCUT2D eigenvalue weighted by atomic mass is 10.0. The largest absolute Gasteiger partial charge is 0.490 e. The Morgan fingerprint density at radius 2 is 1.75 bits per heavy atom. The molecule has 1 atom stereocenters. The number of rotatable bonds is 10. The van der Waals surface area contributed by atoms with Gasteiger partial charge in [0.1, 0.15) is 5.01 Å². The van der Waals surface area contributed by atoms with Crippen molar-refractivity contribution in [2.24, 2.45) is 5.73 Å². The second-order valence-electron chi connectivity index (χ2n) is 8.55. The summed E-state index contributed by atoms with van der Waals surface area (Å²) in [6.45, 7) is 3.15. The van der Waals surface area contributed by atoms with Crippen LogP contribution in [0.1, 0.15) is 69.2 Å². The monoisotopic (exact) mass is 507 g/mol. The quantitative estimate of drug-likeness (QED) is 0.400. The van der Waals surface area contributed by atoms with Crippen LogP contribution in [-0.2, 0) is 17.6 Å². The van der Waals surface area contributed by atoms with Crippen LogP contribution in [0.2, 0.25) is 0 Å². The fourth-order valence-electron chi connectivity index (χ4n) is 3.86. The molecular formula is C27H29N3O5S. The van der Waals surface area contributed by atoms with Crippen molar-refractivity contribution in [3.05, 3.63) is 75.2 Å². The smallest absolute Gasteiger partial charge is 0.248 e. The number of nitrogens with zero attached hydrogens (tertiary/aromatic N) is 1. The predicted molar refractivity (Wildman–Crippen MR) is 137 cm³/mol. The van der Waals surface area contributed by atoms with Crippen LogP contribution in [0.4, 0.5) is 0 Å². The topological polar surface area (TPSA) is 121 Å². The highest BCUT2D eigenvalue weighted by Crippen LogP contribution is 2.31. The summed E-state index contributed by atoms with van der Waals surface area (Å²) in [6.07, 6.45) is 2.21. The van der Waals surface area contributed by atoms with Gasteiger partial charge in [0.05, 0.1) is 24.9 Å². The molecule has 0 radical (unpaired) electrons. The van der Waals surface area contributed by atoms with Crippen LogP contribution in [0, 0.1) is 0 Å². The van der Waals surface area contributed by atoms with E-state index >= 15 is 0 Å². The number of amides is 2. The molecule has 0 aliphatic carbocycles. The number of carbonyl (C=O) groups excluding carboxylic acids is 3. The number of hydrogen-bond donors (Lipinski definition) is 2. The summed E-state index contributed by atoms with van der Waals surface area (Å²) in [6, 6.07) is 11.8. The van der Waals surface area contributed by atoms with E-state index in [0.29, 0.717) is 42.3 Å². The van der Waals surface area contributed by atoms with Crippen molar-refractivity contribution in [2.75, 3.05) is 13.2 Å². The van der Waals surface area contributed by atoms with Crippen molar-refractivity contribution in [3.63, 3.8) is 0 Å². The number of hydrogen-bond acceptors (Lipinski definition) is 7. The number of ether oxygens (including phenoxy) is 2. The van der Waals surface area contributed by atoms with Gasteiger partial charge in [0.25, 0.3) is 0 Å². The van der Waals surface area contributed by atoms with E-state index in [1.807, 2.05) is 24.4 Å². The molecule has 36 heavy (non-hydrogen) atoms. The molecule has 0 saturated heterocycles. The second kappa shape index (κ2) is 11.8. The number of aryl methyl sites for hydroxylation is 1. The van der Waals surface area contributed by atoms with Crippen molar-refractivity contribution in [2.45, 2.75) is 45.1 Å². The zero-order valence-corrected chi connectivity index (χ0v) is 20.9. The molecule has 2 amide bonds. The van der Waals surface area contributed by atoms with Gasteiger partial charge in [-0.3, -0.25) is 14.4 Å². The van der Waals surface area contributed by atoms with E-state index in [9.17, 15) is 14.4 Å². The third-order valence-electron chi connectivity index (χ3n) is 5.89. The van der Waals surface area contributed by atoms with Gasteiger partial charge in [-0.15, -0.1) is 11.3 Å². The van der Waals surface area contributed by atoms with Crippen LogP contribution < -0.4 is 20.5 Å². The van der Waals surface area contributed by atoms with Crippen LogP contribution in [0.5, 0.6) is 11.5 Å². The van der Waals surface area contributed by atoms with E-state index in [1.54, 1.807) is 30.3 Å². The van der Waals surface area contributed by atoms with Gasteiger partial charge in [-0.1, -0.05) is 19.1 Å². The average molecular weight is 508 g/mol. The van der Waals surface area contributed by atoms with Crippen molar-refractivity contribution in [3.8, 4) is 11.5 Å². The summed E-state index contributed by atoms with van der Waals surface area (Å²) < 4.78 is 11.3. The summed E-state index contributed by atoms with van der Waals surface area (Å²) >= 11 is 1.49. The second-order valence-corrected chi connectivity index (χ2v) is 9.44. The lowest BCUT2D eigenvalue weighted by molar-refractivity contribution is -0.121. The third kappa shape index (κ3) is 6.48. The van der Waals surface area contributed by atoms with E-state index in [-0.39, 0.29) is 30.6 Å².